The highest BCUT2D eigenvalue weighted by atomic mass is 35.5. The molecule has 0 N–H and O–H groups in total. The second-order valence-electron chi connectivity index (χ2n) is 9.04. The SMILES string of the molecule is Cc1ccc(S(=O)(=O)/N=C(\Cc2ccccc2)N2[C@H](C(=O)c3ccccc3)[C@H]2c2ccc(Cl)cc2)cc1. The van der Waals surface area contributed by atoms with Crippen molar-refractivity contribution >= 4 is 33.2 Å². The Hall–Kier alpha value is -3.74. The van der Waals surface area contributed by atoms with Gasteiger partial charge in [-0.1, -0.05) is 102 Å². The predicted molar refractivity (Wildman–Crippen MR) is 147 cm³/mol. The van der Waals surface area contributed by atoms with E-state index >= 15 is 0 Å². The van der Waals surface area contributed by atoms with Crippen molar-refractivity contribution in [1.82, 2.24) is 4.90 Å². The van der Waals surface area contributed by atoms with E-state index < -0.39 is 16.1 Å². The Morgan fingerprint density at radius 2 is 1.43 bits per heavy atom. The lowest BCUT2D eigenvalue weighted by Gasteiger charge is -2.12. The van der Waals surface area contributed by atoms with Gasteiger partial charge in [-0.15, -0.1) is 4.40 Å². The largest absolute Gasteiger partial charge is 0.337 e. The number of hydrogen-bond donors (Lipinski definition) is 0. The topological polar surface area (TPSA) is 66.6 Å². The molecule has 0 spiro atoms. The van der Waals surface area contributed by atoms with Crippen LogP contribution in [0.3, 0.4) is 0 Å². The molecule has 0 radical (unpaired) electrons. The number of hydrogen-bond acceptors (Lipinski definition) is 3. The van der Waals surface area contributed by atoms with Crippen LogP contribution in [0.4, 0.5) is 0 Å². The summed E-state index contributed by atoms with van der Waals surface area (Å²) in [5.41, 5.74) is 3.28. The molecule has 37 heavy (non-hydrogen) atoms. The van der Waals surface area contributed by atoms with Crippen molar-refractivity contribution in [2.45, 2.75) is 30.3 Å². The van der Waals surface area contributed by atoms with Gasteiger partial charge >= 0.3 is 0 Å². The molecule has 2 atom stereocenters. The van der Waals surface area contributed by atoms with E-state index in [9.17, 15) is 13.2 Å². The molecule has 0 bridgehead atoms. The van der Waals surface area contributed by atoms with Crippen molar-refractivity contribution in [3.8, 4) is 0 Å². The van der Waals surface area contributed by atoms with Crippen molar-refractivity contribution < 1.29 is 13.2 Å². The van der Waals surface area contributed by atoms with Gasteiger partial charge in [0.2, 0.25) is 0 Å². The lowest BCUT2D eigenvalue weighted by molar-refractivity contribution is 0.0980. The molecule has 5 nitrogen and oxygen atoms in total. The number of halogens is 1. The van der Waals surface area contributed by atoms with E-state index in [2.05, 4.69) is 4.40 Å². The summed E-state index contributed by atoms with van der Waals surface area (Å²) >= 11 is 6.12. The second-order valence-corrected chi connectivity index (χ2v) is 11.1. The van der Waals surface area contributed by atoms with Crippen molar-refractivity contribution in [2.75, 3.05) is 0 Å². The van der Waals surface area contributed by atoms with Gasteiger partial charge in [-0.3, -0.25) is 4.79 Å². The Morgan fingerprint density at radius 3 is 2.05 bits per heavy atom. The third kappa shape index (κ3) is 5.50. The molecule has 186 valence electrons. The zero-order chi connectivity index (χ0) is 26.0. The second kappa shape index (κ2) is 10.3. The van der Waals surface area contributed by atoms with Crippen LogP contribution in [0.15, 0.2) is 118 Å². The number of benzene rings is 4. The average Bonchev–Trinajstić information content (AvgIpc) is 3.65. The van der Waals surface area contributed by atoms with Crippen molar-refractivity contribution in [2.24, 2.45) is 4.40 Å². The van der Waals surface area contributed by atoms with Crippen molar-refractivity contribution in [1.29, 1.82) is 0 Å². The fourth-order valence-corrected chi connectivity index (χ4v) is 5.60. The Bertz CT molecular complexity index is 1540. The normalized spacial score (nSPS) is 17.5. The molecule has 0 aromatic heterocycles. The van der Waals surface area contributed by atoms with Gasteiger partial charge in [-0.25, -0.2) is 0 Å². The first-order chi connectivity index (χ1) is 17.8. The number of ketones is 1. The summed E-state index contributed by atoms with van der Waals surface area (Å²) in [5.74, 6) is 0.232. The summed E-state index contributed by atoms with van der Waals surface area (Å²) in [4.78, 5) is 15.6. The third-order valence-electron chi connectivity index (χ3n) is 6.39. The summed E-state index contributed by atoms with van der Waals surface area (Å²) in [6, 6.07) is 31.5. The summed E-state index contributed by atoms with van der Waals surface area (Å²) in [5, 5.41) is 0.585. The van der Waals surface area contributed by atoms with E-state index in [1.54, 1.807) is 48.5 Å². The Morgan fingerprint density at radius 1 is 0.838 bits per heavy atom. The van der Waals surface area contributed by atoms with E-state index in [-0.39, 0.29) is 23.1 Å². The van der Waals surface area contributed by atoms with Gasteiger partial charge in [0.1, 0.15) is 11.9 Å². The van der Waals surface area contributed by atoms with Gasteiger partial charge < -0.3 is 4.90 Å². The Labute approximate surface area is 222 Å². The zero-order valence-electron chi connectivity index (χ0n) is 20.2. The molecule has 1 aliphatic heterocycles. The molecule has 0 saturated carbocycles. The number of nitrogens with zero attached hydrogens (tertiary/aromatic N) is 2. The van der Waals surface area contributed by atoms with Crippen LogP contribution >= 0.6 is 11.6 Å². The summed E-state index contributed by atoms with van der Waals surface area (Å²) in [7, 11) is -4.01. The molecule has 4 aromatic rings. The number of carbonyl (C=O) groups excluding carboxylic acids is 1. The monoisotopic (exact) mass is 528 g/mol. The quantitative estimate of drug-likeness (QED) is 0.122. The van der Waals surface area contributed by atoms with Crippen LogP contribution < -0.4 is 0 Å². The van der Waals surface area contributed by atoms with Gasteiger partial charge in [-0.2, -0.15) is 8.42 Å². The van der Waals surface area contributed by atoms with E-state index in [0.29, 0.717) is 16.4 Å². The Balaban J connectivity index is 1.60. The van der Waals surface area contributed by atoms with Gasteiger partial charge in [-0.05, 0) is 42.3 Å². The highest BCUT2D eigenvalue weighted by Crippen LogP contribution is 2.46. The summed E-state index contributed by atoms with van der Waals surface area (Å²) in [6.07, 6.45) is 0.259. The predicted octanol–water partition coefficient (Wildman–Crippen LogP) is 6.29. The van der Waals surface area contributed by atoms with Crippen LogP contribution in [0, 0.1) is 6.92 Å². The molecule has 1 heterocycles. The van der Waals surface area contributed by atoms with Gasteiger partial charge in [0.25, 0.3) is 10.0 Å². The first-order valence-corrected chi connectivity index (χ1v) is 13.7. The molecule has 0 amide bonds. The van der Waals surface area contributed by atoms with Crippen LogP contribution in [0.2, 0.25) is 5.02 Å². The lowest BCUT2D eigenvalue weighted by atomic mass is 10.0. The van der Waals surface area contributed by atoms with Crippen LogP contribution in [-0.4, -0.2) is 31.0 Å². The minimum atomic E-state index is -4.01. The molecule has 1 fully saturated rings. The molecular weight excluding hydrogens is 504 g/mol. The molecule has 1 aliphatic rings. The number of rotatable bonds is 7. The highest BCUT2D eigenvalue weighted by Gasteiger charge is 2.55. The van der Waals surface area contributed by atoms with Crippen LogP contribution in [0.5, 0.6) is 0 Å². The maximum atomic E-state index is 13.6. The van der Waals surface area contributed by atoms with Gasteiger partial charge in [0, 0.05) is 17.0 Å². The number of aryl methyl sites for hydroxylation is 1. The lowest BCUT2D eigenvalue weighted by Crippen LogP contribution is -2.22. The van der Waals surface area contributed by atoms with Gasteiger partial charge in [0.05, 0.1) is 10.9 Å². The number of Topliss-reactive ketones (excluding diaryl/α,β-unsaturated/α-hetero) is 1. The average molecular weight is 529 g/mol. The van der Waals surface area contributed by atoms with E-state index in [0.717, 1.165) is 16.7 Å². The van der Waals surface area contributed by atoms with E-state index in [1.165, 1.54) is 0 Å². The standard InChI is InChI=1S/C30H25ClN2O3S/c1-21-12-18-26(19-13-21)37(35,36)32-27(20-22-8-4-2-5-9-22)33-28(23-14-16-25(31)17-15-23)29(33)30(34)24-10-6-3-7-11-24/h2-19,28-29H,20H2,1H3/b32-27+/t28-,29+,33?/m1/s1. The summed E-state index contributed by atoms with van der Waals surface area (Å²) < 4.78 is 31.1. The van der Waals surface area contributed by atoms with Crippen molar-refractivity contribution in [3.05, 3.63) is 136 Å². The third-order valence-corrected chi connectivity index (χ3v) is 7.97. The van der Waals surface area contributed by atoms with Gasteiger partial charge in [0.15, 0.2) is 5.78 Å². The van der Waals surface area contributed by atoms with Crippen molar-refractivity contribution in [3.63, 3.8) is 0 Å². The first-order valence-electron chi connectivity index (χ1n) is 11.9. The van der Waals surface area contributed by atoms with Crippen LogP contribution in [0.25, 0.3) is 0 Å². The minimum Gasteiger partial charge on any atom is -0.337 e. The summed E-state index contributed by atoms with van der Waals surface area (Å²) in [6.45, 7) is 1.90. The number of carbonyl (C=O) groups is 1. The molecular formula is C30H25ClN2O3S. The molecule has 7 heteroatoms. The smallest absolute Gasteiger partial charge is 0.283 e. The molecule has 1 saturated heterocycles. The fraction of sp³-hybridized carbons (Fsp3) is 0.133. The van der Waals surface area contributed by atoms with E-state index in [1.807, 2.05) is 72.5 Å². The molecule has 0 unspecified atom stereocenters. The number of sulfonamides is 1. The maximum Gasteiger partial charge on any atom is 0.283 e. The van der Waals surface area contributed by atoms with Crippen LogP contribution in [-0.2, 0) is 16.4 Å². The molecule has 4 aromatic carbocycles. The molecule has 5 rings (SSSR count). The van der Waals surface area contributed by atoms with E-state index in [4.69, 9.17) is 11.6 Å². The highest BCUT2D eigenvalue weighted by molar-refractivity contribution is 7.90. The minimum absolute atomic E-state index is 0.0888. The molecule has 0 aliphatic carbocycles. The first kappa shape index (κ1) is 24.9. The number of amidine groups is 1. The van der Waals surface area contributed by atoms with Crippen LogP contribution in [0.1, 0.15) is 33.1 Å². The fourth-order valence-electron chi connectivity index (χ4n) is 4.45. The maximum absolute atomic E-state index is 13.6. The zero-order valence-corrected chi connectivity index (χ0v) is 21.7. The Kier molecular flexibility index (Phi) is 6.96.